The Bertz CT molecular complexity index is 274. The molecule has 0 aliphatic rings. The fourth-order valence-electron chi connectivity index (χ4n) is 1.32. The average Bonchev–Trinajstić information content (AvgIpc) is 2.27. The van der Waals surface area contributed by atoms with E-state index in [0.717, 1.165) is 17.9 Å². The summed E-state index contributed by atoms with van der Waals surface area (Å²) in [6.07, 6.45) is 3.12. The van der Waals surface area contributed by atoms with Gasteiger partial charge in [0.2, 0.25) is 0 Å². The smallest absolute Gasteiger partial charge is 0.0534 e. The quantitative estimate of drug-likeness (QED) is 0.769. The lowest BCUT2D eigenvalue weighted by molar-refractivity contribution is 0.315. The van der Waals surface area contributed by atoms with Gasteiger partial charge in [-0.25, -0.2) is 0 Å². The first-order chi connectivity index (χ1) is 6.71. The van der Waals surface area contributed by atoms with Crippen molar-refractivity contribution in [3.63, 3.8) is 0 Å². The molecular weight excluding hydrogens is 192 g/mol. The van der Waals surface area contributed by atoms with Crippen LogP contribution in [0.3, 0.4) is 0 Å². The first-order valence-electron chi connectivity index (χ1n) is 4.82. The lowest BCUT2D eigenvalue weighted by Gasteiger charge is -2.11. The molecule has 14 heavy (non-hydrogen) atoms. The molecule has 0 bridgehead atoms. The van der Waals surface area contributed by atoms with Crippen LogP contribution in [0.5, 0.6) is 0 Å². The van der Waals surface area contributed by atoms with E-state index in [9.17, 15) is 0 Å². The summed E-state index contributed by atoms with van der Waals surface area (Å²) in [7, 11) is 0. The van der Waals surface area contributed by atoms with Gasteiger partial charge in [-0.3, -0.25) is 0 Å². The van der Waals surface area contributed by atoms with E-state index in [2.05, 4.69) is 31.4 Å². The second-order valence-electron chi connectivity index (χ2n) is 3.36. The highest BCUT2D eigenvalue weighted by Crippen LogP contribution is 2.23. The second kappa shape index (κ2) is 5.42. The van der Waals surface area contributed by atoms with Gasteiger partial charge in [0, 0.05) is 10.8 Å². The molecule has 0 atom stereocenters. The zero-order valence-electron chi connectivity index (χ0n) is 9.00. The van der Waals surface area contributed by atoms with Crippen molar-refractivity contribution >= 4 is 11.8 Å². The summed E-state index contributed by atoms with van der Waals surface area (Å²) in [4.78, 5) is 1.27. The van der Waals surface area contributed by atoms with Crippen molar-refractivity contribution < 1.29 is 5.11 Å². The molecule has 1 nitrogen and oxygen atoms in total. The van der Waals surface area contributed by atoms with Crippen LogP contribution in [0.4, 0.5) is 0 Å². The number of aliphatic hydroxyl groups excluding tert-OH is 1. The first kappa shape index (κ1) is 11.6. The molecular formula is C12H17OS. The van der Waals surface area contributed by atoms with Crippen LogP contribution in [0.25, 0.3) is 0 Å². The third-order valence-electron chi connectivity index (χ3n) is 2.34. The normalized spacial score (nSPS) is 10.9. The molecule has 0 aliphatic heterocycles. The Morgan fingerprint density at radius 3 is 2.57 bits per heavy atom. The number of aryl methyl sites for hydroxylation is 1. The summed E-state index contributed by atoms with van der Waals surface area (Å²) in [6.45, 7) is 4.26. The standard InChI is InChI=1S/C12H17OS/c1-4-10-5-11(9(2)8-13)7-12(6-10)14-3/h5-7,13H,4,8H2,1-3H3. The lowest BCUT2D eigenvalue weighted by Crippen LogP contribution is -2.01. The maximum Gasteiger partial charge on any atom is 0.0534 e. The minimum atomic E-state index is 0.140. The Morgan fingerprint density at radius 1 is 1.36 bits per heavy atom. The van der Waals surface area contributed by atoms with E-state index in [0.29, 0.717) is 0 Å². The van der Waals surface area contributed by atoms with Crippen molar-refractivity contribution in [3.8, 4) is 0 Å². The van der Waals surface area contributed by atoms with E-state index < -0.39 is 0 Å². The van der Waals surface area contributed by atoms with Crippen LogP contribution in [0, 0.1) is 5.92 Å². The molecule has 2 heteroatoms. The summed E-state index contributed by atoms with van der Waals surface area (Å²) in [6, 6.07) is 6.50. The molecule has 0 saturated carbocycles. The Morgan fingerprint density at radius 2 is 2.07 bits per heavy atom. The molecule has 0 fully saturated rings. The summed E-state index contributed by atoms with van der Waals surface area (Å²) >= 11 is 1.75. The van der Waals surface area contributed by atoms with Gasteiger partial charge in [0.25, 0.3) is 0 Å². The Balaban J connectivity index is 3.04. The molecule has 1 aromatic rings. The van der Waals surface area contributed by atoms with Gasteiger partial charge in [-0.2, -0.15) is 0 Å². The molecule has 1 radical (unpaired) electrons. The van der Waals surface area contributed by atoms with Crippen LogP contribution in [-0.2, 0) is 6.42 Å². The Hall–Kier alpha value is -0.470. The number of rotatable bonds is 4. The van der Waals surface area contributed by atoms with Crippen LogP contribution in [0.1, 0.15) is 25.0 Å². The van der Waals surface area contributed by atoms with Crippen molar-refractivity contribution in [1.29, 1.82) is 0 Å². The van der Waals surface area contributed by atoms with Gasteiger partial charge in [0.05, 0.1) is 6.61 Å². The van der Waals surface area contributed by atoms with Gasteiger partial charge in [-0.15, -0.1) is 11.8 Å². The summed E-state index contributed by atoms with van der Waals surface area (Å²) in [5.41, 5.74) is 2.50. The molecule has 77 valence electrons. The lowest BCUT2D eigenvalue weighted by atomic mass is 9.99. The van der Waals surface area contributed by atoms with E-state index in [1.807, 2.05) is 6.92 Å². The number of benzene rings is 1. The zero-order chi connectivity index (χ0) is 10.6. The summed E-state index contributed by atoms with van der Waals surface area (Å²) < 4.78 is 0. The van der Waals surface area contributed by atoms with E-state index in [4.69, 9.17) is 5.11 Å². The SMILES string of the molecule is CCc1cc(SC)cc([C](C)CO)c1. The number of thioether (sulfide) groups is 1. The number of aliphatic hydroxyl groups is 1. The van der Waals surface area contributed by atoms with Crippen LogP contribution < -0.4 is 0 Å². The molecule has 0 spiro atoms. The minimum absolute atomic E-state index is 0.140. The molecule has 0 aliphatic carbocycles. The van der Waals surface area contributed by atoms with Crippen molar-refractivity contribution in [2.75, 3.05) is 12.9 Å². The van der Waals surface area contributed by atoms with Crippen LogP contribution >= 0.6 is 11.8 Å². The molecule has 1 aromatic carbocycles. The predicted octanol–water partition coefficient (Wildman–Crippen LogP) is 2.91. The first-order valence-corrected chi connectivity index (χ1v) is 6.05. The molecule has 0 aromatic heterocycles. The van der Waals surface area contributed by atoms with Crippen molar-refractivity contribution in [3.05, 3.63) is 35.2 Å². The van der Waals surface area contributed by atoms with Crippen molar-refractivity contribution in [1.82, 2.24) is 0 Å². The highest BCUT2D eigenvalue weighted by molar-refractivity contribution is 7.98. The van der Waals surface area contributed by atoms with Crippen LogP contribution in [0.2, 0.25) is 0 Å². The van der Waals surface area contributed by atoms with Crippen molar-refractivity contribution in [2.45, 2.75) is 25.2 Å². The van der Waals surface area contributed by atoms with Gasteiger partial charge in [-0.05, 0) is 35.9 Å². The third-order valence-corrected chi connectivity index (χ3v) is 3.05. The fraction of sp³-hybridized carbons (Fsp3) is 0.417. The van der Waals surface area contributed by atoms with Gasteiger partial charge in [-0.1, -0.05) is 19.9 Å². The molecule has 1 N–H and O–H groups in total. The van der Waals surface area contributed by atoms with Crippen molar-refractivity contribution in [2.24, 2.45) is 0 Å². The maximum atomic E-state index is 9.07. The fourth-order valence-corrected chi connectivity index (χ4v) is 1.83. The second-order valence-corrected chi connectivity index (χ2v) is 4.24. The van der Waals surface area contributed by atoms with Gasteiger partial charge < -0.3 is 5.11 Å². The van der Waals surface area contributed by atoms with Crippen LogP contribution in [-0.4, -0.2) is 18.0 Å². The van der Waals surface area contributed by atoms with E-state index >= 15 is 0 Å². The zero-order valence-corrected chi connectivity index (χ0v) is 9.82. The minimum Gasteiger partial charge on any atom is -0.395 e. The van der Waals surface area contributed by atoms with Gasteiger partial charge in [0.1, 0.15) is 0 Å². The summed E-state index contributed by atoms with van der Waals surface area (Å²) in [5, 5.41) is 9.07. The van der Waals surface area contributed by atoms with E-state index in [-0.39, 0.29) is 6.61 Å². The Kier molecular flexibility index (Phi) is 4.49. The van der Waals surface area contributed by atoms with E-state index in [1.54, 1.807) is 11.8 Å². The Labute approximate surface area is 90.5 Å². The largest absolute Gasteiger partial charge is 0.395 e. The molecule has 0 unspecified atom stereocenters. The third kappa shape index (κ3) is 2.76. The monoisotopic (exact) mass is 209 g/mol. The average molecular weight is 209 g/mol. The topological polar surface area (TPSA) is 20.2 Å². The molecule has 0 heterocycles. The maximum absolute atomic E-state index is 9.07. The molecule has 1 rings (SSSR count). The number of hydrogen-bond donors (Lipinski definition) is 1. The summed E-state index contributed by atoms with van der Waals surface area (Å²) in [5.74, 6) is 1.04. The highest BCUT2D eigenvalue weighted by atomic mass is 32.2. The number of hydrogen-bond acceptors (Lipinski definition) is 2. The predicted molar refractivity (Wildman–Crippen MR) is 62.7 cm³/mol. The highest BCUT2D eigenvalue weighted by Gasteiger charge is 2.06. The van der Waals surface area contributed by atoms with Gasteiger partial charge >= 0.3 is 0 Å². The van der Waals surface area contributed by atoms with Gasteiger partial charge in [0.15, 0.2) is 0 Å². The molecule has 0 amide bonds. The van der Waals surface area contributed by atoms with E-state index in [1.165, 1.54) is 10.5 Å². The molecule has 0 saturated heterocycles. The van der Waals surface area contributed by atoms with Crippen LogP contribution in [0.15, 0.2) is 23.1 Å².